The van der Waals surface area contributed by atoms with Gasteiger partial charge in [-0.25, -0.2) is 0 Å². The molecule has 0 saturated carbocycles. The second-order valence-electron chi connectivity index (χ2n) is 4.02. The van der Waals surface area contributed by atoms with Gasteiger partial charge in [-0.05, 0) is 27.7 Å². The summed E-state index contributed by atoms with van der Waals surface area (Å²) in [6.45, 7) is 8.26. The molecule has 92 valence electrons. The zero-order chi connectivity index (χ0) is 12.3. The topological polar surface area (TPSA) is 47.3 Å². The van der Waals surface area contributed by atoms with Crippen molar-refractivity contribution in [1.82, 2.24) is 9.78 Å². The third-order valence-electron chi connectivity index (χ3n) is 2.43. The molecule has 1 aromatic heterocycles. The fraction of sp³-hybridized carbons (Fsp3) is 0.727. The maximum absolute atomic E-state index is 10.1. The van der Waals surface area contributed by atoms with Gasteiger partial charge in [0.2, 0.25) is 0 Å². The lowest BCUT2D eigenvalue weighted by Crippen LogP contribution is -2.22. The molecule has 4 nitrogen and oxygen atoms in total. The molecule has 0 aliphatic rings. The van der Waals surface area contributed by atoms with Crippen LogP contribution in [0.25, 0.3) is 0 Å². The van der Waals surface area contributed by atoms with Crippen LogP contribution >= 0.6 is 11.6 Å². The van der Waals surface area contributed by atoms with E-state index in [1.807, 2.05) is 27.7 Å². The minimum Gasteiger partial charge on any atom is -0.384 e. The molecule has 5 heteroatoms. The maximum atomic E-state index is 10.1. The first-order chi connectivity index (χ1) is 7.49. The molecule has 2 unspecified atom stereocenters. The van der Waals surface area contributed by atoms with Crippen molar-refractivity contribution in [2.75, 3.05) is 6.61 Å². The standard InChI is InChI=1S/C11H19ClN2O2/c1-5-16-8(4)11(15)10-9(12)6-13-14(10)7(2)3/h6-8,11,15H,5H2,1-4H3. The van der Waals surface area contributed by atoms with E-state index in [2.05, 4.69) is 5.10 Å². The molecular weight excluding hydrogens is 228 g/mol. The SMILES string of the molecule is CCOC(C)C(O)c1c(Cl)cnn1C(C)C. The zero-order valence-electron chi connectivity index (χ0n) is 10.1. The summed E-state index contributed by atoms with van der Waals surface area (Å²) >= 11 is 6.03. The average Bonchev–Trinajstić information content (AvgIpc) is 2.59. The second kappa shape index (κ2) is 5.66. The lowest BCUT2D eigenvalue weighted by atomic mass is 10.1. The molecule has 1 N–H and O–H groups in total. The number of hydrogen-bond donors (Lipinski definition) is 1. The van der Waals surface area contributed by atoms with Crippen LogP contribution in [0.4, 0.5) is 0 Å². The van der Waals surface area contributed by atoms with Gasteiger partial charge in [0.25, 0.3) is 0 Å². The fourth-order valence-corrected chi connectivity index (χ4v) is 1.86. The number of nitrogens with zero attached hydrogens (tertiary/aromatic N) is 2. The third-order valence-corrected chi connectivity index (χ3v) is 2.72. The van der Waals surface area contributed by atoms with Crippen LogP contribution in [0, 0.1) is 0 Å². The summed E-state index contributed by atoms with van der Waals surface area (Å²) in [4.78, 5) is 0. The molecule has 0 amide bonds. The molecule has 16 heavy (non-hydrogen) atoms. The first-order valence-corrected chi connectivity index (χ1v) is 5.89. The number of aromatic nitrogens is 2. The number of hydrogen-bond acceptors (Lipinski definition) is 3. The van der Waals surface area contributed by atoms with Gasteiger partial charge < -0.3 is 9.84 Å². The maximum Gasteiger partial charge on any atom is 0.123 e. The molecule has 0 spiro atoms. The fourth-order valence-electron chi connectivity index (χ4n) is 1.62. The predicted octanol–water partition coefficient (Wildman–Crippen LogP) is 2.58. The molecule has 0 radical (unpaired) electrons. The molecule has 0 aliphatic heterocycles. The Morgan fingerprint density at radius 2 is 2.12 bits per heavy atom. The predicted molar refractivity (Wildman–Crippen MR) is 63.7 cm³/mol. The molecule has 1 rings (SSSR count). The summed E-state index contributed by atoms with van der Waals surface area (Å²) in [5, 5.41) is 14.8. The Labute approximate surface area is 101 Å². The van der Waals surface area contributed by atoms with Crippen molar-refractivity contribution >= 4 is 11.6 Å². The van der Waals surface area contributed by atoms with E-state index in [1.54, 1.807) is 10.9 Å². The summed E-state index contributed by atoms with van der Waals surface area (Å²) in [6, 6.07) is 0.158. The Bertz CT molecular complexity index is 339. The van der Waals surface area contributed by atoms with Crippen LogP contribution in [-0.2, 0) is 4.74 Å². The van der Waals surface area contributed by atoms with E-state index in [-0.39, 0.29) is 12.1 Å². The highest BCUT2D eigenvalue weighted by molar-refractivity contribution is 6.31. The van der Waals surface area contributed by atoms with E-state index >= 15 is 0 Å². The lowest BCUT2D eigenvalue weighted by molar-refractivity contribution is -0.0268. The summed E-state index contributed by atoms with van der Waals surface area (Å²) in [7, 11) is 0. The van der Waals surface area contributed by atoms with Crippen molar-refractivity contribution in [2.24, 2.45) is 0 Å². The van der Waals surface area contributed by atoms with Crippen molar-refractivity contribution in [1.29, 1.82) is 0 Å². The highest BCUT2D eigenvalue weighted by atomic mass is 35.5. The van der Waals surface area contributed by atoms with E-state index in [4.69, 9.17) is 16.3 Å². The number of ether oxygens (including phenoxy) is 1. The van der Waals surface area contributed by atoms with Crippen molar-refractivity contribution in [2.45, 2.75) is 45.9 Å². The second-order valence-corrected chi connectivity index (χ2v) is 4.43. The smallest absolute Gasteiger partial charge is 0.123 e. The zero-order valence-corrected chi connectivity index (χ0v) is 10.9. The molecular formula is C11H19ClN2O2. The Balaban J connectivity index is 2.97. The minimum absolute atomic E-state index is 0.158. The van der Waals surface area contributed by atoms with Crippen LogP contribution in [0.5, 0.6) is 0 Å². The van der Waals surface area contributed by atoms with Crippen LogP contribution in [-0.4, -0.2) is 27.6 Å². The normalized spacial score (nSPS) is 15.4. The van der Waals surface area contributed by atoms with Crippen LogP contribution in [0.15, 0.2) is 6.20 Å². The molecule has 0 bridgehead atoms. The molecule has 0 aromatic carbocycles. The van der Waals surface area contributed by atoms with E-state index < -0.39 is 6.10 Å². The first kappa shape index (κ1) is 13.5. The van der Waals surface area contributed by atoms with E-state index in [0.717, 1.165) is 0 Å². The van der Waals surface area contributed by atoms with Gasteiger partial charge in [0.05, 0.1) is 23.0 Å². The van der Waals surface area contributed by atoms with Gasteiger partial charge in [-0.15, -0.1) is 0 Å². The number of aliphatic hydroxyl groups is 1. The average molecular weight is 247 g/mol. The van der Waals surface area contributed by atoms with E-state index in [1.165, 1.54) is 0 Å². The van der Waals surface area contributed by atoms with Crippen molar-refractivity contribution < 1.29 is 9.84 Å². The summed E-state index contributed by atoms with van der Waals surface area (Å²) in [6.07, 6.45) is 0.507. The molecule has 2 atom stereocenters. The van der Waals surface area contributed by atoms with Crippen LogP contribution < -0.4 is 0 Å². The van der Waals surface area contributed by atoms with Gasteiger partial charge in [-0.1, -0.05) is 11.6 Å². The monoisotopic (exact) mass is 246 g/mol. The molecule has 1 aromatic rings. The Morgan fingerprint density at radius 3 is 2.62 bits per heavy atom. The third kappa shape index (κ3) is 2.75. The van der Waals surface area contributed by atoms with Crippen LogP contribution in [0.2, 0.25) is 5.02 Å². The first-order valence-electron chi connectivity index (χ1n) is 5.51. The van der Waals surface area contributed by atoms with Crippen molar-refractivity contribution in [3.05, 3.63) is 16.9 Å². The number of rotatable bonds is 5. The van der Waals surface area contributed by atoms with Gasteiger partial charge in [0.15, 0.2) is 0 Å². The number of aliphatic hydroxyl groups excluding tert-OH is 1. The minimum atomic E-state index is -0.752. The van der Waals surface area contributed by atoms with Crippen molar-refractivity contribution in [3.63, 3.8) is 0 Å². The van der Waals surface area contributed by atoms with E-state index in [9.17, 15) is 5.11 Å². The van der Waals surface area contributed by atoms with Gasteiger partial charge in [-0.3, -0.25) is 4.68 Å². The Kier molecular flexibility index (Phi) is 4.77. The van der Waals surface area contributed by atoms with Crippen molar-refractivity contribution in [3.8, 4) is 0 Å². The molecule has 0 saturated heterocycles. The Hall–Kier alpha value is -0.580. The molecule has 1 heterocycles. The summed E-state index contributed by atoms with van der Waals surface area (Å²) in [5.74, 6) is 0. The van der Waals surface area contributed by atoms with Gasteiger partial charge in [0, 0.05) is 12.6 Å². The summed E-state index contributed by atoms with van der Waals surface area (Å²) in [5.41, 5.74) is 0.623. The van der Waals surface area contributed by atoms with Crippen LogP contribution in [0.1, 0.15) is 45.5 Å². The van der Waals surface area contributed by atoms with Crippen LogP contribution in [0.3, 0.4) is 0 Å². The molecule has 0 fully saturated rings. The summed E-state index contributed by atoms with van der Waals surface area (Å²) < 4.78 is 7.09. The van der Waals surface area contributed by atoms with E-state index in [0.29, 0.717) is 17.3 Å². The Morgan fingerprint density at radius 1 is 1.50 bits per heavy atom. The van der Waals surface area contributed by atoms with Gasteiger partial charge in [0.1, 0.15) is 6.10 Å². The van der Waals surface area contributed by atoms with Gasteiger partial charge in [-0.2, -0.15) is 5.10 Å². The molecule has 0 aliphatic carbocycles. The quantitative estimate of drug-likeness (QED) is 0.869. The highest BCUT2D eigenvalue weighted by Gasteiger charge is 2.24. The highest BCUT2D eigenvalue weighted by Crippen LogP contribution is 2.28. The number of halogens is 1. The lowest BCUT2D eigenvalue weighted by Gasteiger charge is -2.21. The largest absolute Gasteiger partial charge is 0.384 e. The van der Waals surface area contributed by atoms with Gasteiger partial charge >= 0.3 is 0 Å².